The molecule has 1 aromatic carbocycles. The molecule has 0 atom stereocenters. The maximum atomic E-state index is 12.7. The number of benzene rings is 1. The maximum absolute atomic E-state index is 12.7. The van der Waals surface area contributed by atoms with Gasteiger partial charge in [0, 0.05) is 36.5 Å². The van der Waals surface area contributed by atoms with E-state index in [1.54, 1.807) is 18.5 Å². The number of sulfonamides is 1. The first-order valence-electron chi connectivity index (χ1n) is 7.95. The minimum absolute atomic E-state index is 0.145. The van der Waals surface area contributed by atoms with Gasteiger partial charge in [0.1, 0.15) is 0 Å². The Kier molecular flexibility index (Phi) is 5.51. The van der Waals surface area contributed by atoms with Crippen LogP contribution in [0.3, 0.4) is 0 Å². The highest BCUT2D eigenvalue weighted by Crippen LogP contribution is 2.25. The summed E-state index contributed by atoms with van der Waals surface area (Å²) in [5.41, 5.74) is 1.22. The Morgan fingerprint density at radius 1 is 1.16 bits per heavy atom. The lowest BCUT2D eigenvalue weighted by molar-refractivity contribution is 0.0950. The maximum Gasteiger partial charge on any atom is 0.252 e. The minimum Gasteiger partial charge on any atom is -0.348 e. The zero-order chi connectivity index (χ0) is 17.9. The Bertz CT molecular complexity index is 866. The molecule has 3 rings (SSSR count). The summed E-state index contributed by atoms with van der Waals surface area (Å²) in [7, 11) is -3.55. The van der Waals surface area contributed by atoms with E-state index in [4.69, 9.17) is 0 Å². The monoisotopic (exact) mass is 423 g/mol. The first-order valence-corrected chi connectivity index (χ1v) is 10.2. The number of aromatic nitrogens is 1. The first-order chi connectivity index (χ1) is 12.0. The molecule has 1 saturated heterocycles. The topological polar surface area (TPSA) is 79.4 Å². The van der Waals surface area contributed by atoms with E-state index >= 15 is 0 Å². The Balaban J connectivity index is 1.80. The molecule has 1 N–H and O–H groups in total. The molecule has 1 aliphatic rings. The third-order valence-electron chi connectivity index (χ3n) is 4.09. The molecule has 0 spiro atoms. The summed E-state index contributed by atoms with van der Waals surface area (Å²) >= 11 is 3.33. The highest BCUT2D eigenvalue weighted by Gasteiger charge is 2.28. The number of amides is 1. The van der Waals surface area contributed by atoms with E-state index < -0.39 is 10.0 Å². The molecular weight excluding hydrogens is 406 g/mol. The van der Waals surface area contributed by atoms with Gasteiger partial charge in [-0.1, -0.05) is 0 Å². The molecule has 8 heteroatoms. The molecule has 2 aromatic rings. The van der Waals surface area contributed by atoms with E-state index in [9.17, 15) is 13.2 Å². The number of pyridine rings is 1. The van der Waals surface area contributed by atoms with Gasteiger partial charge in [-0.3, -0.25) is 9.78 Å². The van der Waals surface area contributed by atoms with Crippen LogP contribution < -0.4 is 5.32 Å². The van der Waals surface area contributed by atoms with Gasteiger partial charge in [-0.2, -0.15) is 4.31 Å². The fourth-order valence-electron chi connectivity index (χ4n) is 2.69. The molecule has 1 fully saturated rings. The average Bonchev–Trinajstić information content (AvgIpc) is 3.16. The van der Waals surface area contributed by atoms with Gasteiger partial charge in [0.15, 0.2) is 0 Å². The fraction of sp³-hybridized carbons (Fsp3) is 0.294. The lowest BCUT2D eigenvalue weighted by Crippen LogP contribution is -2.28. The number of nitrogens with zero attached hydrogens (tertiary/aromatic N) is 2. The van der Waals surface area contributed by atoms with E-state index in [2.05, 4.69) is 26.2 Å². The predicted molar refractivity (Wildman–Crippen MR) is 97.5 cm³/mol. The molecule has 0 unspecified atom stereocenters. The Hall–Kier alpha value is -1.77. The van der Waals surface area contributed by atoms with Gasteiger partial charge >= 0.3 is 0 Å². The Labute approximate surface area is 155 Å². The van der Waals surface area contributed by atoms with Gasteiger partial charge in [-0.15, -0.1) is 0 Å². The molecule has 1 aromatic heterocycles. The summed E-state index contributed by atoms with van der Waals surface area (Å²) in [5.74, 6) is -0.331. The number of hydrogen-bond donors (Lipinski definition) is 1. The van der Waals surface area contributed by atoms with Crippen LogP contribution in [0.15, 0.2) is 52.1 Å². The smallest absolute Gasteiger partial charge is 0.252 e. The van der Waals surface area contributed by atoms with Crippen LogP contribution in [0.5, 0.6) is 0 Å². The van der Waals surface area contributed by atoms with Gasteiger partial charge in [-0.25, -0.2) is 8.42 Å². The van der Waals surface area contributed by atoms with Crippen molar-refractivity contribution in [1.29, 1.82) is 0 Å². The van der Waals surface area contributed by atoms with Gasteiger partial charge in [0.25, 0.3) is 5.91 Å². The third-order valence-corrected chi connectivity index (χ3v) is 6.67. The van der Waals surface area contributed by atoms with Crippen molar-refractivity contribution >= 4 is 31.9 Å². The lowest BCUT2D eigenvalue weighted by Gasteiger charge is -2.16. The molecule has 0 aliphatic carbocycles. The minimum atomic E-state index is -3.55. The van der Waals surface area contributed by atoms with Crippen molar-refractivity contribution in [3.05, 3.63) is 58.3 Å². The second-order valence-corrected chi connectivity index (χ2v) is 8.58. The van der Waals surface area contributed by atoms with E-state index in [-0.39, 0.29) is 10.8 Å². The van der Waals surface area contributed by atoms with Crippen molar-refractivity contribution < 1.29 is 13.2 Å². The van der Waals surface area contributed by atoms with Crippen molar-refractivity contribution in [1.82, 2.24) is 14.6 Å². The quantitative estimate of drug-likeness (QED) is 0.800. The van der Waals surface area contributed by atoms with Gasteiger partial charge in [0.05, 0.1) is 10.5 Å². The van der Waals surface area contributed by atoms with Crippen LogP contribution in [0.1, 0.15) is 28.8 Å². The van der Waals surface area contributed by atoms with Crippen molar-refractivity contribution in [2.45, 2.75) is 24.3 Å². The van der Waals surface area contributed by atoms with Crippen LogP contribution in [0, 0.1) is 0 Å². The van der Waals surface area contributed by atoms with Crippen LogP contribution in [0.2, 0.25) is 0 Å². The number of carbonyl (C=O) groups is 1. The molecule has 0 radical (unpaired) electrons. The number of hydrogen-bond acceptors (Lipinski definition) is 4. The summed E-state index contributed by atoms with van der Waals surface area (Å²) in [4.78, 5) is 16.5. The predicted octanol–water partition coefficient (Wildman–Crippen LogP) is 2.56. The summed E-state index contributed by atoms with van der Waals surface area (Å²) in [6.07, 6.45) is 5.05. The standard InChI is InChI=1S/C17H18BrN3O3S/c18-16-4-3-14(25(23,24)21-9-1-2-10-21)11-15(16)17(22)20-12-13-5-7-19-8-6-13/h3-8,11H,1-2,9-10,12H2,(H,20,22). The second kappa shape index (κ2) is 7.63. The fourth-order valence-corrected chi connectivity index (χ4v) is 4.67. The van der Waals surface area contributed by atoms with Crippen molar-refractivity contribution in [3.63, 3.8) is 0 Å². The number of halogens is 1. The van der Waals surface area contributed by atoms with Crippen molar-refractivity contribution in [2.24, 2.45) is 0 Å². The zero-order valence-corrected chi connectivity index (χ0v) is 15.9. The third kappa shape index (κ3) is 4.08. The SMILES string of the molecule is O=C(NCc1ccncc1)c1cc(S(=O)(=O)N2CCCC2)ccc1Br. The van der Waals surface area contributed by atoms with Crippen LogP contribution in [0.4, 0.5) is 0 Å². The van der Waals surface area contributed by atoms with E-state index in [0.29, 0.717) is 29.7 Å². The molecule has 6 nitrogen and oxygen atoms in total. The van der Waals surface area contributed by atoms with Crippen LogP contribution in [-0.4, -0.2) is 36.7 Å². The number of rotatable bonds is 5. The molecule has 1 aliphatic heterocycles. The number of carbonyl (C=O) groups excluding carboxylic acids is 1. The number of nitrogens with one attached hydrogen (secondary N) is 1. The molecule has 2 heterocycles. The highest BCUT2D eigenvalue weighted by molar-refractivity contribution is 9.10. The van der Waals surface area contributed by atoms with Gasteiger partial charge in [-0.05, 0) is 64.7 Å². The van der Waals surface area contributed by atoms with Crippen molar-refractivity contribution in [3.8, 4) is 0 Å². The second-order valence-electron chi connectivity index (χ2n) is 5.79. The van der Waals surface area contributed by atoms with Crippen molar-refractivity contribution in [2.75, 3.05) is 13.1 Å². The molecule has 132 valence electrons. The summed E-state index contributed by atoms with van der Waals surface area (Å²) in [6.45, 7) is 1.40. The average molecular weight is 424 g/mol. The van der Waals surface area contributed by atoms with E-state index in [0.717, 1.165) is 18.4 Å². The Morgan fingerprint density at radius 3 is 2.52 bits per heavy atom. The Morgan fingerprint density at radius 2 is 1.84 bits per heavy atom. The van der Waals surface area contributed by atoms with E-state index in [1.807, 2.05) is 12.1 Å². The summed E-state index contributed by atoms with van der Waals surface area (Å²) < 4.78 is 27.4. The molecule has 25 heavy (non-hydrogen) atoms. The van der Waals surface area contributed by atoms with Crippen LogP contribution in [-0.2, 0) is 16.6 Å². The molecule has 0 saturated carbocycles. The largest absolute Gasteiger partial charge is 0.348 e. The normalized spacial score (nSPS) is 15.2. The van der Waals surface area contributed by atoms with Crippen LogP contribution in [0.25, 0.3) is 0 Å². The first kappa shape index (κ1) is 18.0. The van der Waals surface area contributed by atoms with E-state index in [1.165, 1.54) is 16.4 Å². The summed E-state index contributed by atoms with van der Waals surface area (Å²) in [5, 5.41) is 2.80. The highest BCUT2D eigenvalue weighted by atomic mass is 79.9. The zero-order valence-electron chi connectivity index (χ0n) is 13.5. The van der Waals surface area contributed by atoms with Crippen LogP contribution >= 0.6 is 15.9 Å². The molecule has 0 bridgehead atoms. The summed E-state index contributed by atoms with van der Waals surface area (Å²) in [6, 6.07) is 8.18. The van der Waals surface area contributed by atoms with Gasteiger partial charge in [0.2, 0.25) is 10.0 Å². The molecule has 1 amide bonds. The molecular formula is C17H18BrN3O3S. The lowest BCUT2D eigenvalue weighted by atomic mass is 10.2. The van der Waals surface area contributed by atoms with Gasteiger partial charge < -0.3 is 5.32 Å².